The van der Waals surface area contributed by atoms with E-state index in [0.717, 1.165) is 6.07 Å². The van der Waals surface area contributed by atoms with Gasteiger partial charge in [0.1, 0.15) is 0 Å². The van der Waals surface area contributed by atoms with Crippen LogP contribution >= 0.6 is 12.4 Å². The van der Waals surface area contributed by atoms with Crippen LogP contribution in [0.4, 0.5) is 13.2 Å². The molecule has 2 rings (SSSR count). The van der Waals surface area contributed by atoms with Gasteiger partial charge in [-0.3, -0.25) is 0 Å². The molecular formula is C9H9ClF3N. The molecule has 1 nitrogen and oxygen atoms in total. The lowest BCUT2D eigenvalue weighted by Crippen LogP contribution is -2.21. The van der Waals surface area contributed by atoms with Gasteiger partial charge in [0.25, 0.3) is 0 Å². The molecule has 1 aliphatic rings. The van der Waals surface area contributed by atoms with E-state index in [1.54, 1.807) is 0 Å². The first-order valence-corrected chi connectivity index (χ1v) is 3.97. The molecule has 0 aromatic heterocycles. The standard InChI is InChI=1S/C9H8F3N.ClH/c10-6-2-1-5(7(11)8(6)12)9(13)3-4-9;/h1-2H,3-4,13H2;1H. The first-order valence-electron chi connectivity index (χ1n) is 3.97. The quantitative estimate of drug-likeness (QED) is 0.728. The fourth-order valence-corrected chi connectivity index (χ4v) is 1.31. The van der Waals surface area contributed by atoms with Crippen molar-refractivity contribution in [3.63, 3.8) is 0 Å². The Hall–Kier alpha value is -0.740. The van der Waals surface area contributed by atoms with Gasteiger partial charge in [0.15, 0.2) is 17.5 Å². The van der Waals surface area contributed by atoms with Crippen LogP contribution in [0.2, 0.25) is 0 Å². The Bertz CT molecular complexity index is 363. The van der Waals surface area contributed by atoms with E-state index >= 15 is 0 Å². The van der Waals surface area contributed by atoms with Crippen molar-refractivity contribution in [2.45, 2.75) is 18.4 Å². The average molecular weight is 224 g/mol. The molecule has 1 aromatic rings. The van der Waals surface area contributed by atoms with Crippen LogP contribution in [0.25, 0.3) is 0 Å². The Kier molecular flexibility index (Phi) is 2.78. The Balaban J connectivity index is 0.000000980. The van der Waals surface area contributed by atoms with Crippen LogP contribution in [-0.2, 0) is 5.54 Å². The van der Waals surface area contributed by atoms with Gasteiger partial charge in [-0.05, 0) is 18.9 Å². The fourth-order valence-electron chi connectivity index (χ4n) is 1.31. The molecule has 1 aromatic carbocycles. The van der Waals surface area contributed by atoms with Gasteiger partial charge >= 0.3 is 0 Å². The largest absolute Gasteiger partial charge is 0.321 e. The predicted molar refractivity (Wildman–Crippen MR) is 48.7 cm³/mol. The first-order chi connectivity index (χ1) is 6.04. The third-order valence-electron chi connectivity index (χ3n) is 2.36. The second-order valence-electron chi connectivity index (χ2n) is 3.38. The van der Waals surface area contributed by atoms with E-state index in [1.165, 1.54) is 6.07 Å². The molecule has 2 N–H and O–H groups in total. The minimum absolute atomic E-state index is 0. The van der Waals surface area contributed by atoms with Crippen molar-refractivity contribution in [2.75, 3.05) is 0 Å². The zero-order valence-corrected chi connectivity index (χ0v) is 8.00. The van der Waals surface area contributed by atoms with E-state index in [1.807, 2.05) is 0 Å². The van der Waals surface area contributed by atoms with Gasteiger partial charge in [0.05, 0.1) is 0 Å². The Morgan fingerprint density at radius 2 is 1.64 bits per heavy atom. The van der Waals surface area contributed by atoms with Gasteiger partial charge in [0, 0.05) is 11.1 Å². The average Bonchev–Trinajstić information content (AvgIpc) is 2.80. The second-order valence-corrected chi connectivity index (χ2v) is 3.38. The molecule has 0 aliphatic heterocycles. The lowest BCUT2D eigenvalue weighted by atomic mass is 10.1. The molecule has 5 heteroatoms. The van der Waals surface area contributed by atoms with E-state index in [0.29, 0.717) is 12.8 Å². The minimum Gasteiger partial charge on any atom is -0.321 e. The number of benzene rings is 1. The van der Waals surface area contributed by atoms with Crippen molar-refractivity contribution >= 4 is 12.4 Å². The molecule has 1 fully saturated rings. The van der Waals surface area contributed by atoms with Crippen molar-refractivity contribution in [1.29, 1.82) is 0 Å². The van der Waals surface area contributed by atoms with E-state index < -0.39 is 23.0 Å². The molecule has 1 aliphatic carbocycles. The van der Waals surface area contributed by atoms with Crippen molar-refractivity contribution in [2.24, 2.45) is 5.73 Å². The normalized spacial score (nSPS) is 17.4. The van der Waals surface area contributed by atoms with Crippen molar-refractivity contribution in [1.82, 2.24) is 0 Å². The Labute approximate surface area is 85.5 Å². The zero-order chi connectivity index (χ0) is 9.64. The third kappa shape index (κ3) is 1.60. The molecule has 1 saturated carbocycles. The highest BCUT2D eigenvalue weighted by Crippen LogP contribution is 2.44. The topological polar surface area (TPSA) is 26.0 Å². The lowest BCUT2D eigenvalue weighted by molar-refractivity contribution is 0.434. The van der Waals surface area contributed by atoms with E-state index in [9.17, 15) is 13.2 Å². The maximum atomic E-state index is 13.1. The van der Waals surface area contributed by atoms with Crippen LogP contribution in [0.5, 0.6) is 0 Å². The first kappa shape index (κ1) is 11.3. The van der Waals surface area contributed by atoms with E-state index in [-0.39, 0.29) is 18.0 Å². The van der Waals surface area contributed by atoms with Crippen molar-refractivity contribution < 1.29 is 13.2 Å². The molecule has 0 saturated heterocycles. The molecule has 0 unspecified atom stereocenters. The molecule has 0 heterocycles. The molecule has 14 heavy (non-hydrogen) atoms. The molecule has 0 atom stereocenters. The fraction of sp³-hybridized carbons (Fsp3) is 0.333. The highest BCUT2D eigenvalue weighted by atomic mass is 35.5. The summed E-state index contributed by atoms with van der Waals surface area (Å²) in [7, 11) is 0. The molecular weight excluding hydrogens is 215 g/mol. The number of rotatable bonds is 1. The van der Waals surface area contributed by atoms with Gasteiger partial charge in [0.2, 0.25) is 0 Å². The molecule has 78 valence electrons. The molecule has 0 radical (unpaired) electrons. The van der Waals surface area contributed by atoms with Gasteiger partial charge < -0.3 is 5.73 Å². The van der Waals surface area contributed by atoms with Crippen LogP contribution < -0.4 is 5.73 Å². The van der Waals surface area contributed by atoms with Crippen LogP contribution in [0.15, 0.2) is 12.1 Å². The third-order valence-corrected chi connectivity index (χ3v) is 2.36. The minimum atomic E-state index is -1.44. The van der Waals surface area contributed by atoms with E-state index in [2.05, 4.69) is 0 Å². The zero-order valence-electron chi connectivity index (χ0n) is 7.19. The van der Waals surface area contributed by atoms with Crippen molar-refractivity contribution in [3.8, 4) is 0 Å². The van der Waals surface area contributed by atoms with Gasteiger partial charge in [-0.25, -0.2) is 13.2 Å². The molecule has 0 spiro atoms. The Morgan fingerprint density at radius 1 is 1.07 bits per heavy atom. The van der Waals surface area contributed by atoms with Crippen LogP contribution in [0, 0.1) is 17.5 Å². The van der Waals surface area contributed by atoms with Crippen LogP contribution in [0.1, 0.15) is 18.4 Å². The highest BCUT2D eigenvalue weighted by Gasteiger charge is 2.42. The maximum Gasteiger partial charge on any atom is 0.194 e. The van der Waals surface area contributed by atoms with Gasteiger partial charge in [-0.15, -0.1) is 12.4 Å². The van der Waals surface area contributed by atoms with E-state index in [4.69, 9.17) is 5.73 Å². The number of hydrogen-bond acceptors (Lipinski definition) is 1. The SMILES string of the molecule is Cl.NC1(c2ccc(F)c(F)c2F)CC1. The number of nitrogens with two attached hydrogens (primary N) is 1. The predicted octanol–water partition coefficient (Wildman–Crippen LogP) is 2.47. The summed E-state index contributed by atoms with van der Waals surface area (Å²) in [4.78, 5) is 0. The van der Waals surface area contributed by atoms with Crippen molar-refractivity contribution in [3.05, 3.63) is 35.1 Å². The van der Waals surface area contributed by atoms with Gasteiger partial charge in [-0.2, -0.15) is 0 Å². The van der Waals surface area contributed by atoms with Gasteiger partial charge in [-0.1, -0.05) is 6.07 Å². The summed E-state index contributed by atoms with van der Waals surface area (Å²) in [6, 6.07) is 2.11. The summed E-state index contributed by atoms with van der Waals surface area (Å²) in [5.74, 6) is -3.76. The second kappa shape index (κ2) is 3.44. The molecule has 0 amide bonds. The molecule has 0 bridgehead atoms. The number of hydrogen-bond donors (Lipinski definition) is 1. The summed E-state index contributed by atoms with van der Waals surface area (Å²) in [5.41, 5.74) is 4.97. The van der Waals surface area contributed by atoms with Crippen LogP contribution in [0.3, 0.4) is 0 Å². The highest BCUT2D eigenvalue weighted by molar-refractivity contribution is 5.85. The maximum absolute atomic E-state index is 13.1. The summed E-state index contributed by atoms with van der Waals surface area (Å²) in [6.07, 6.45) is 1.24. The summed E-state index contributed by atoms with van der Waals surface area (Å²) in [6.45, 7) is 0. The number of halogens is 4. The lowest BCUT2D eigenvalue weighted by Gasteiger charge is -2.10. The monoisotopic (exact) mass is 223 g/mol. The summed E-state index contributed by atoms with van der Waals surface area (Å²) < 4.78 is 38.4. The smallest absolute Gasteiger partial charge is 0.194 e. The summed E-state index contributed by atoms with van der Waals surface area (Å²) >= 11 is 0. The summed E-state index contributed by atoms with van der Waals surface area (Å²) in [5, 5.41) is 0. The van der Waals surface area contributed by atoms with Crippen LogP contribution in [-0.4, -0.2) is 0 Å². The Morgan fingerprint density at radius 3 is 2.14 bits per heavy atom.